The van der Waals surface area contributed by atoms with Crippen LogP contribution >= 0.6 is 0 Å². The van der Waals surface area contributed by atoms with Crippen LogP contribution in [0.15, 0.2) is 0 Å². The van der Waals surface area contributed by atoms with Crippen molar-refractivity contribution in [3.05, 3.63) is 0 Å². The summed E-state index contributed by atoms with van der Waals surface area (Å²) in [5.74, 6) is 0.103. The average Bonchev–Trinajstić information content (AvgIpc) is 2.18. The summed E-state index contributed by atoms with van der Waals surface area (Å²) in [7, 11) is 0. The maximum atomic E-state index is 11.6. The molecule has 0 spiro atoms. The standard InChI is InChI=1S/C11H25N3O/c1-4-7-14(8-6-12)9-11(15)13-10(3)5-2/h10H,4-9,12H2,1-3H3,(H,13,15). The van der Waals surface area contributed by atoms with Crippen molar-refractivity contribution >= 4 is 5.91 Å². The Kier molecular flexibility index (Phi) is 8.33. The molecule has 0 rings (SSSR count). The van der Waals surface area contributed by atoms with Gasteiger partial charge in [-0.15, -0.1) is 0 Å². The maximum Gasteiger partial charge on any atom is 0.234 e. The highest BCUT2D eigenvalue weighted by Gasteiger charge is 2.10. The molecule has 1 unspecified atom stereocenters. The minimum absolute atomic E-state index is 0.103. The maximum absolute atomic E-state index is 11.6. The molecule has 90 valence electrons. The van der Waals surface area contributed by atoms with Crippen LogP contribution in [0.5, 0.6) is 0 Å². The second kappa shape index (κ2) is 8.68. The van der Waals surface area contributed by atoms with Gasteiger partial charge in [-0.1, -0.05) is 13.8 Å². The quantitative estimate of drug-likeness (QED) is 0.622. The molecule has 0 saturated heterocycles. The molecule has 0 saturated carbocycles. The van der Waals surface area contributed by atoms with Gasteiger partial charge in [0.1, 0.15) is 0 Å². The van der Waals surface area contributed by atoms with Crippen molar-refractivity contribution in [2.24, 2.45) is 5.73 Å². The average molecular weight is 215 g/mol. The molecule has 0 aromatic heterocycles. The minimum atomic E-state index is 0.103. The lowest BCUT2D eigenvalue weighted by Gasteiger charge is -2.21. The van der Waals surface area contributed by atoms with Crippen LogP contribution in [0, 0.1) is 0 Å². The summed E-state index contributed by atoms with van der Waals surface area (Å²) in [5, 5.41) is 2.96. The van der Waals surface area contributed by atoms with E-state index < -0.39 is 0 Å². The van der Waals surface area contributed by atoms with Crippen molar-refractivity contribution in [2.75, 3.05) is 26.2 Å². The minimum Gasteiger partial charge on any atom is -0.353 e. The second-order valence-electron chi connectivity index (χ2n) is 3.94. The zero-order valence-electron chi connectivity index (χ0n) is 10.3. The van der Waals surface area contributed by atoms with Gasteiger partial charge >= 0.3 is 0 Å². The summed E-state index contributed by atoms with van der Waals surface area (Å²) in [6, 6.07) is 0.263. The lowest BCUT2D eigenvalue weighted by molar-refractivity contribution is -0.122. The van der Waals surface area contributed by atoms with Gasteiger partial charge in [0.05, 0.1) is 6.54 Å². The first-order valence-corrected chi connectivity index (χ1v) is 5.85. The molecule has 1 amide bonds. The molecule has 0 aliphatic carbocycles. The Hall–Kier alpha value is -0.610. The van der Waals surface area contributed by atoms with Crippen LogP contribution < -0.4 is 11.1 Å². The van der Waals surface area contributed by atoms with Gasteiger partial charge in [0.15, 0.2) is 0 Å². The van der Waals surface area contributed by atoms with Gasteiger partial charge in [-0.3, -0.25) is 9.69 Å². The highest BCUT2D eigenvalue weighted by molar-refractivity contribution is 5.78. The van der Waals surface area contributed by atoms with E-state index in [0.29, 0.717) is 13.1 Å². The number of nitrogens with two attached hydrogens (primary N) is 1. The normalized spacial score (nSPS) is 12.9. The Morgan fingerprint density at radius 1 is 1.40 bits per heavy atom. The van der Waals surface area contributed by atoms with E-state index >= 15 is 0 Å². The monoisotopic (exact) mass is 215 g/mol. The van der Waals surface area contributed by atoms with E-state index in [4.69, 9.17) is 5.73 Å². The first kappa shape index (κ1) is 14.4. The molecular formula is C11H25N3O. The van der Waals surface area contributed by atoms with Crippen molar-refractivity contribution < 1.29 is 4.79 Å². The van der Waals surface area contributed by atoms with Crippen molar-refractivity contribution in [1.29, 1.82) is 0 Å². The number of carbonyl (C=O) groups excluding carboxylic acids is 1. The Morgan fingerprint density at radius 3 is 2.53 bits per heavy atom. The Balaban J connectivity index is 3.87. The van der Waals surface area contributed by atoms with E-state index in [0.717, 1.165) is 25.9 Å². The molecule has 3 N–H and O–H groups in total. The number of carbonyl (C=O) groups is 1. The van der Waals surface area contributed by atoms with Crippen molar-refractivity contribution in [2.45, 2.75) is 39.7 Å². The number of nitrogens with one attached hydrogen (secondary N) is 1. The molecular weight excluding hydrogens is 190 g/mol. The third-order valence-corrected chi connectivity index (χ3v) is 2.37. The lowest BCUT2D eigenvalue weighted by atomic mass is 10.2. The van der Waals surface area contributed by atoms with Crippen LogP contribution in [-0.4, -0.2) is 43.0 Å². The van der Waals surface area contributed by atoms with Crippen LogP contribution in [0.4, 0.5) is 0 Å². The molecule has 0 radical (unpaired) electrons. The molecule has 0 aromatic rings. The fraction of sp³-hybridized carbons (Fsp3) is 0.909. The van der Waals surface area contributed by atoms with E-state index in [9.17, 15) is 4.79 Å². The molecule has 0 heterocycles. The summed E-state index contributed by atoms with van der Waals surface area (Å²) in [4.78, 5) is 13.7. The molecule has 4 nitrogen and oxygen atoms in total. The fourth-order valence-corrected chi connectivity index (χ4v) is 1.39. The van der Waals surface area contributed by atoms with Gasteiger partial charge in [0.25, 0.3) is 0 Å². The van der Waals surface area contributed by atoms with Gasteiger partial charge in [0.2, 0.25) is 5.91 Å². The first-order chi connectivity index (χ1) is 7.13. The SMILES string of the molecule is CCCN(CCN)CC(=O)NC(C)CC. The third-order valence-electron chi connectivity index (χ3n) is 2.37. The zero-order valence-corrected chi connectivity index (χ0v) is 10.3. The van der Waals surface area contributed by atoms with E-state index in [2.05, 4.69) is 24.1 Å². The molecule has 0 aliphatic rings. The number of nitrogens with zero attached hydrogens (tertiary/aromatic N) is 1. The van der Waals surface area contributed by atoms with E-state index in [1.54, 1.807) is 0 Å². The highest BCUT2D eigenvalue weighted by Crippen LogP contribution is 1.92. The van der Waals surface area contributed by atoms with E-state index in [1.807, 2.05) is 6.92 Å². The number of hydrogen-bond acceptors (Lipinski definition) is 3. The highest BCUT2D eigenvalue weighted by atomic mass is 16.2. The number of rotatable bonds is 8. The molecule has 4 heteroatoms. The number of amides is 1. The van der Waals surface area contributed by atoms with Crippen LogP contribution in [0.3, 0.4) is 0 Å². The van der Waals surface area contributed by atoms with Gasteiger partial charge in [-0.25, -0.2) is 0 Å². The summed E-state index contributed by atoms with van der Waals surface area (Å²) >= 11 is 0. The summed E-state index contributed by atoms with van der Waals surface area (Å²) < 4.78 is 0. The molecule has 0 aromatic carbocycles. The first-order valence-electron chi connectivity index (χ1n) is 5.85. The van der Waals surface area contributed by atoms with Crippen molar-refractivity contribution in [3.8, 4) is 0 Å². The third kappa shape index (κ3) is 7.33. The van der Waals surface area contributed by atoms with Crippen LogP contribution in [0.1, 0.15) is 33.6 Å². The van der Waals surface area contributed by atoms with Gasteiger partial charge in [-0.05, 0) is 26.3 Å². The number of hydrogen-bond donors (Lipinski definition) is 2. The Morgan fingerprint density at radius 2 is 2.07 bits per heavy atom. The van der Waals surface area contributed by atoms with Crippen LogP contribution in [0.25, 0.3) is 0 Å². The Bertz CT molecular complexity index is 167. The molecule has 0 aliphatic heterocycles. The molecule has 1 atom stereocenters. The zero-order chi connectivity index (χ0) is 11.7. The van der Waals surface area contributed by atoms with Gasteiger partial charge < -0.3 is 11.1 Å². The predicted molar refractivity (Wildman–Crippen MR) is 63.7 cm³/mol. The van der Waals surface area contributed by atoms with Gasteiger partial charge in [0, 0.05) is 19.1 Å². The van der Waals surface area contributed by atoms with Crippen molar-refractivity contribution in [1.82, 2.24) is 10.2 Å². The smallest absolute Gasteiger partial charge is 0.234 e. The fourth-order valence-electron chi connectivity index (χ4n) is 1.39. The molecule has 15 heavy (non-hydrogen) atoms. The van der Waals surface area contributed by atoms with E-state index in [1.165, 1.54) is 0 Å². The topological polar surface area (TPSA) is 58.4 Å². The van der Waals surface area contributed by atoms with Crippen molar-refractivity contribution in [3.63, 3.8) is 0 Å². The molecule has 0 bridgehead atoms. The Labute approximate surface area is 93.2 Å². The molecule has 0 fully saturated rings. The summed E-state index contributed by atoms with van der Waals surface area (Å²) in [6.45, 7) is 8.99. The lowest BCUT2D eigenvalue weighted by Crippen LogP contribution is -2.42. The van der Waals surface area contributed by atoms with Crippen LogP contribution in [-0.2, 0) is 4.79 Å². The summed E-state index contributed by atoms with van der Waals surface area (Å²) in [6.07, 6.45) is 2.02. The van der Waals surface area contributed by atoms with Gasteiger partial charge in [-0.2, -0.15) is 0 Å². The predicted octanol–water partition coefficient (Wildman–Crippen LogP) is 0.572. The summed E-state index contributed by atoms with van der Waals surface area (Å²) in [5.41, 5.74) is 5.49. The van der Waals surface area contributed by atoms with Crippen LogP contribution in [0.2, 0.25) is 0 Å². The second-order valence-corrected chi connectivity index (χ2v) is 3.94. The largest absolute Gasteiger partial charge is 0.353 e. The van der Waals surface area contributed by atoms with E-state index in [-0.39, 0.29) is 11.9 Å².